The summed E-state index contributed by atoms with van der Waals surface area (Å²) in [6, 6.07) is 61.2. The summed E-state index contributed by atoms with van der Waals surface area (Å²) in [4.78, 5) is 10.8. The number of fused-ring (bicyclic) bond motifs is 12. The molecule has 268 valence electrons. The molecule has 4 heteroatoms. The molecule has 3 nitrogen and oxygen atoms in total. The molecular formula is C53H34N2OS. The summed E-state index contributed by atoms with van der Waals surface area (Å²) in [5.74, 6) is 1.78. The molecular weight excluding hydrogens is 713 g/mol. The lowest BCUT2D eigenvalue weighted by atomic mass is 9.60. The molecule has 2 aliphatic carbocycles. The van der Waals surface area contributed by atoms with Gasteiger partial charge in [0.15, 0.2) is 5.82 Å². The molecule has 2 aromatic heterocycles. The van der Waals surface area contributed by atoms with Crippen molar-refractivity contribution in [1.29, 1.82) is 0 Å². The Labute approximate surface area is 334 Å². The summed E-state index contributed by atoms with van der Waals surface area (Å²) < 4.78 is 9.02. The largest absolute Gasteiger partial charge is 0.485 e. The second-order valence-corrected chi connectivity index (χ2v) is 16.2. The Morgan fingerprint density at radius 2 is 1.18 bits per heavy atom. The Balaban J connectivity index is 1.08. The first-order chi connectivity index (χ1) is 28.3. The predicted molar refractivity (Wildman–Crippen MR) is 235 cm³/mol. The number of para-hydroxylation sites is 1. The van der Waals surface area contributed by atoms with Crippen LogP contribution in [0, 0.1) is 5.92 Å². The van der Waals surface area contributed by atoms with E-state index in [1.165, 1.54) is 38.1 Å². The van der Waals surface area contributed by atoms with Gasteiger partial charge in [-0.1, -0.05) is 170 Å². The predicted octanol–water partition coefficient (Wildman–Crippen LogP) is 13.3. The number of rotatable bonds is 4. The fourth-order valence-electron chi connectivity index (χ4n) is 9.85. The van der Waals surface area contributed by atoms with E-state index in [4.69, 9.17) is 14.7 Å². The van der Waals surface area contributed by atoms with Crippen LogP contribution in [0.1, 0.15) is 16.7 Å². The highest BCUT2D eigenvalue weighted by Gasteiger charge is 2.56. The van der Waals surface area contributed by atoms with Gasteiger partial charge >= 0.3 is 0 Å². The second kappa shape index (κ2) is 12.6. The molecule has 57 heavy (non-hydrogen) atoms. The summed E-state index contributed by atoms with van der Waals surface area (Å²) in [6.45, 7) is 0. The fourth-order valence-corrected chi connectivity index (χ4v) is 11.0. The molecule has 0 radical (unpaired) electrons. The summed E-state index contributed by atoms with van der Waals surface area (Å²) in [6.07, 6.45) is 8.83. The molecule has 0 bridgehead atoms. The van der Waals surface area contributed by atoms with Gasteiger partial charge in [-0.2, -0.15) is 0 Å². The van der Waals surface area contributed by atoms with Gasteiger partial charge in [0.1, 0.15) is 11.9 Å². The Morgan fingerprint density at radius 3 is 2.09 bits per heavy atom. The summed E-state index contributed by atoms with van der Waals surface area (Å²) in [5.41, 5.74) is 14.7. The van der Waals surface area contributed by atoms with Crippen LogP contribution in [0.3, 0.4) is 0 Å². The first-order valence-electron chi connectivity index (χ1n) is 19.6. The first kappa shape index (κ1) is 32.4. The molecule has 0 amide bonds. The monoisotopic (exact) mass is 746 g/mol. The van der Waals surface area contributed by atoms with Crippen molar-refractivity contribution in [3.63, 3.8) is 0 Å². The average molecular weight is 747 g/mol. The first-order valence-corrected chi connectivity index (χ1v) is 20.4. The van der Waals surface area contributed by atoms with Crippen molar-refractivity contribution in [2.24, 2.45) is 5.92 Å². The Hall–Kier alpha value is -6.88. The van der Waals surface area contributed by atoms with Crippen LogP contribution in [0.5, 0.6) is 5.75 Å². The number of aromatic nitrogens is 2. The SMILES string of the molecule is C1=CC2Oc3ccccc3C3(c4ccccc4-c4c(-c5cccc(-c6nc(-c7ccccc7-c7ccccc7)nc7c6sc6ccccc67)c5)cccc43)C2C=C1. The Bertz CT molecular complexity index is 3140. The number of benzene rings is 7. The van der Waals surface area contributed by atoms with Crippen LogP contribution in [0.2, 0.25) is 0 Å². The molecule has 3 atom stereocenters. The highest BCUT2D eigenvalue weighted by Crippen LogP contribution is 2.63. The van der Waals surface area contributed by atoms with Crippen molar-refractivity contribution in [2.45, 2.75) is 11.5 Å². The maximum absolute atomic E-state index is 6.71. The van der Waals surface area contributed by atoms with Crippen molar-refractivity contribution in [3.05, 3.63) is 211 Å². The molecule has 12 rings (SSSR count). The van der Waals surface area contributed by atoms with Crippen LogP contribution < -0.4 is 4.74 Å². The van der Waals surface area contributed by atoms with Crippen LogP contribution in [-0.2, 0) is 5.41 Å². The van der Waals surface area contributed by atoms with E-state index in [-0.39, 0.29) is 12.0 Å². The Morgan fingerprint density at radius 1 is 0.509 bits per heavy atom. The van der Waals surface area contributed by atoms with E-state index in [0.717, 1.165) is 60.7 Å². The molecule has 3 aliphatic rings. The maximum Gasteiger partial charge on any atom is 0.161 e. The van der Waals surface area contributed by atoms with E-state index in [0.29, 0.717) is 0 Å². The summed E-state index contributed by atoms with van der Waals surface area (Å²) >= 11 is 1.77. The molecule has 0 saturated carbocycles. The van der Waals surface area contributed by atoms with E-state index in [1.54, 1.807) is 11.3 Å². The number of thiophene rings is 1. The third-order valence-corrected chi connectivity index (χ3v) is 13.4. The summed E-state index contributed by atoms with van der Waals surface area (Å²) in [7, 11) is 0. The number of hydrogen-bond acceptors (Lipinski definition) is 4. The van der Waals surface area contributed by atoms with Crippen molar-refractivity contribution < 1.29 is 4.74 Å². The van der Waals surface area contributed by atoms with Crippen LogP contribution in [-0.4, -0.2) is 16.1 Å². The van der Waals surface area contributed by atoms with Crippen LogP contribution in [0.25, 0.3) is 76.3 Å². The highest BCUT2D eigenvalue weighted by molar-refractivity contribution is 7.26. The molecule has 0 fully saturated rings. The number of ether oxygens (including phenoxy) is 1. The third kappa shape index (κ3) is 4.71. The van der Waals surface area contributed by atoms with E-state index < -0.39 is 5.41 Å². The van der Waals surface area contributed by atoms with E-state index in [9.17, 15) is 0 Å². The quantitative estimate of drug-likeness (QED) is 0.180. The van der Waals surface area contributed by atoms with Crippen LogP contribution >= 0.6 is 11.3 Å². The summed E-state index contributed by atoms with van der Waals surface area (Å²) in [5, 5.41) is 1.15. The lowest BCUT2D eigenvalue weighted by Crippen LogP contribution is -2.47. The van der Waals surface area contributed by atoms with Crippen molar-refractivity contribution in [3.8, 4) is 61.8 Å². The third-order valence-electron chi connectivity index (χ3n) is 12.2. The smallest absolute Gasteiger partial charge is 0.161 e. The molecule has 1 aliphatic heterocycles. The van der Waals surface area contributed by atoms with Gasteiger partial charge in [-0.05, 0) is 68.8 Å². The minimum absolute atomic E-state index is 0.0708. The molecule has 9 aromatic rings. The van der Waals surface area contributed by atoms with Crippen molar-refractivity contribution in [1.82, 2.24) is 9.97 Å². The zero-order valence-electron chi connectivity index (χ0n) is 30.8. The Kier molecular flexibility index (Phi) is 7.14. The fraction of sp³-hybridized carbons (Fsp3) is 0.0566. The zero-order valence-corrected chi connectivity index (χ0v) is 31.7. The van der Waals surface area contributed by atoms with Crippen LogP contribution in [0.15, 0.2) is 194 Å². The van der Waals surface area contributed by atoms with E-state index in [1.807, 2.05) is 0 Å². The molecule has 1 spiro atoms. The van der Waals surface area contributed by atoms with Crippen molar-refractivity contribution >= 4 is 31.6 Å². The van der Waals surface area contributed by atoms with Gasteiger partial charge in [0, 0.05) is 32.7 Å². The van der Waals surface area contributed by atoms with Gasteiger partial charge in [-0.3, -0.25) is 0 Å². The number of allylic oxidation sites excluding steroid dienone is 2. The lowest BCUT2D eigenvalue weighted by molar-refractivity contribution is 0.141. The number of hydrogen-bond donors (Lipinski definition) is 0. The van der Waals surface area contributed by atoms with Gasteiger partial charge in [0.25, 0.3) is 0 Å². The molecule has 0 N–H and O–H groups in total. The zero-order chi connectivity index (χ0) is 37.5. The van der Waals surface area contributed by atoms with Gasteiger partial charge in [-0.25, -0.2) is 9.97 Å². The van der Waals surface area contributed by atoms with E-state index in [2.05, 4.69) is 194 Å². The normalized spacial score (nSPS) is 18.6. The molecule has 3 unspecified atom stereocenters. The van der Waals surface area contributed by atoms with Gasteiger partial charge < -0.3 is 4.74 Å². The van der Waals surface area contributed by atoms with Crippen molar-refractivity contribution in [2.75, 3.05) is 0 Å². The van der Waals surface area contributed by atoms with Gasteiger partial charge in [0.05, 0.1) is 21.3 Å². The molecule has 3 heterocycles. The topological polar surface area (TPSA) is 35.0 Å². The minimum atomic E-state index is -0.405. The minimum Gasteiger partial charge on any atom is -0.485 e. The standard InChI is InChI=1S/C53H34N2OS/c1-2-16-33(17-3-1)36-20-4-5-21-38(36)52-54-49(51-50(55-52)40-23-7-13-31-47(40)57-51)35-19-14-18-34(32-35)37-24-15-28-44-48(37)39-22-6-8-25-41(39)53(44)42-26-9-11-29-45(42)56-46-30-12-10-27-43(46)53/h1-32,42,45H. The second-order valence-electron chi connectivity index (χ2n) is 15.1. The molecule has 7 aromatic carbocycles. The van der Waals surface area contributed by atoms with Crippen LogP contribution in [0.4, 0.5) is 0 Å². The number of nitrogens with zero attached hydrogens (tertiary/aromatic N) is 2. The van der Waals surface area contributed by atoms with Gasteiger partial charge in [0.2, 0.25) is 0 Å². The molecule has 0 saturated heterocycles. The van der Waals surface area contributed by atoms with Gasteiger partial charge in [-0.15, -0.1) is 11.3 Å². The maximum atomic E-state index is 6.71. The lowest BCUT2D eigenvalue weighted by Gasteiger charge is -2.47. The average Bonchev–Trinajstić information content (AvgIpc) is 3.81. The highest BCUT2D eigenvalue weighted by atomic mass is 32.1. The van der Waals surface area contributed by atoms with E-state index >= 15 is 0 Å².